The third kappa shape index (κ3) is 2.85. The number of rotatable bonds is 3. The molecule has 1 aliphatic carbocycles. The highest BCUT2D eigenvalue weighted by atomic mass is 79.9. The molecule has 1 aromatic rings. The van der Waals surface area contributed by atoms with E-state index < -0.39 is 0 Å². The maximum atomic E-state index is 3.78. The Morgan fingerprint density at radius 1 is 1.24 bits per heavy atom. The van der Waals surface area contributed by atoms with Crippen molar-refractivity contribution in [3.63, 3.8) is 0 Å². The molecule has 94 valence electrons. The molecule has 2 unspecified atom stereocenters. The van der Waals surface area contributed by atoms with Gasteiger partial charge in [0.25, 0.3) is 0 Å². The SMILES string of the molecule is CCC1CCCC1Nc1c(C)cc(Br)cc1C. The van der Waals surface area contributed by atoms with Gasteiger partial charge < -0.3 is 5.32 Å². The molecule has 0 amide bonds. The van der Waals surface area contributed by atoms with Crippen LogP contribution in [-0.2, 0) is 0 Å². The second kappa shape index (κ2) is 5.43. The molecule has 17 heavy (non-hydrogen) atoms. The first-order valence-corrected chi connectivity index (χ1v) is 7.44. The first kappa shape index (κ1) is 12.9. The monoisotopic (exact) mass is 295 g/mol. The number of nitrogens with one attached hydrogen (secondary N) is 1. The maximum absolute atomic E-state index is 3.78. The zero-order valence-corrected chi connectivity index (χ0v) is 12.6. The van der Waals surface area contributed by atoms with Crippen LogP contribution in [0.5, 0.6) is 0 Å². The van der Waals surface area contributed by atoms with Crippen LogP contribution >= 0.6 is 15.9 Å². The highest BCUT2D eigenvalue weighted by Crippen LogP contribution is 2.33. The molecule has 0 bridgehead atoms. The molecule has 0 radical (unpaired) electrons. The molecule has 0 heterocycles. The Bertz CT molecular complexity index is 377. The van der Waals surface area contributed by atoms with Crippen LogP contribution in [-0.4, -0.2) is 6.04 Å². The average Bonchev–Trinajstić information content (AvgIpc) is 2.70. The van der Waals surface area contributed by atoms with Crippen molar-refractivity contribution in [2.45, 2.75) is 52.5 Å². The minimum absolute atomic E-state index is 0.679. The van der Waals surface area contributed by atoms with Gasteiger partial charge in [0, 0.05) is 16.2 Å². The average molecular weight is 296 g/mol. The highest BCUT2D eigenvalue weighted by Gasteiger charge is 2.26. The van der Waals surface area contributed by atoms with Gasteiger partial charge in [-0.1, -0.05) is 35.7 Å². The predicted octanol–water partition coefficient (Wildman–Crippen LogP) is 5.06. The van der Waals surface area contributed by atoms with E-state index in [9.17, 15) is 0 Å². The van der Waals surface area contributed by atoms with E-state index in [2.05, 4.69) is 54.2 Å². The van der Waals surface area contributed by atoms with Crippen LogP contribution in [0, 0.1) is 19.8 Å². The van der Waals surface area contributed by atoms with Crippen molar-refractivity contribution in [2.24, 2.45) is 5.92 Å². The Morgan fingerprint density at radius 2 is 1.88 bits per heavy atom. The van der Waals surface area contributed by atoms with E-state index >= 15 is 0 Å². The third-order valence-corrected chi connectivity index (χ3v) is 4.47. The molecule has 0 aliphatic heterocycles. The Labute approximate surface area is 113 Å². The van der Waals surface area contributed by atoms with Gasteiger partial charge in [0.15, 0.2) is 0 Å². The molecule has 1 fully saturated rings. The highest BCUT2D eigenvalue weighted by molar-refractivity contribution is 9.10. The number of hydrogen-bond acceptors (Lipinski definition) is 1. The quantitative estimate of drug-likeness (QED) is 0.822. The van der Waals surface area contributed by atoms with Gasteiger partial charge in [-0.3, -0.25) is 0 Å². The van der Waals surface area contributed by atoms with Gasteiger partial charge in [0.1, 0.15) is 0 Å². The molecular formula is C15H22BrN. The van der Waals surface area contributed by atoms with Gasteiger partial charge in [-0.2, -0.15) is 0 Å². The minimum atomic E-state index is 0.679. The maximum Gasteiger partial charge on any atom is 0.0402 e. The van der Waals surface area contributed by atoms with Gasteiger partial charge in [-0.15, -0.1) is 0 Å². The van der Waals surface area contributed by atoms with Crippen LogP contribution in [0.3, 0.4) is 0 Å². The van der Waals surface area contributed by atoms with E-state index in [4.69, 9.17) is 0 Å². The summed E-state index contributed by atoms with van der Waals surface area (Å²) in [6, 6.07) is 5.08. The van der Waals surface area contributed by atoms with Crippen molar-refractivity contribution in [3.05, 3.63) is 27.7 Å². The Morgan fingerprint density at radius 3 is 2.47 bits per heavy atom. The lowest BCUT2D eigenvalue weighted by molar-refractivity contribution is 0.489. The molecular weight excluding hydrogens is 274 g/mol. The number of hydrogen-bond donors (Lipinski definition) is 1. The van der Waals surface area contributed by atoms with Crippen molar-refractivity contribution in [1.29, 1.82) is 0 Å². The van der Waals surface area contributed by atoms with Crippen molar-refractivity contribution in [1.82, 2.24) is 0 Å². The largest absolute Gasteiger partial charge is 0.382 e. The lowest BCUT2D eigenvalue weighted by atomic mass is 9.99. The summed E-state index contributed by atoms with van der Waals surface area (Å²) in [7, 11) is 0. The summed E-state index contributed by atoms with van der Waals surface area (Å²) in [5.74, 6) is 0.859. The molecule has 1 N–H and O–H groups in total. The van der Waals surface area contributed by atoms with E-state index in [-0.39, 0.29) is 0 Å². The molecule has 0 aromatic heterocycles. The molecule has 1 saturated carbocycles. The number of aryl methyl sites for hydroxylation is 2. The summed E-state index contributed by atoms with van der Waals surface area (Å²) in [5, 5.41) is 3.78. The third-order valence-electron chi connectivity index (χ3n) is 4.01. The fourth-order valence-electron chi connectivity index (χ4n) is 3.04. The first-order valence-electron chi connectivity index (χ1n) is 6.65. The fourth-order valence-corrected chi connectivity index (χ4v) is 3.73. The second-order valence-electron chi connectivity index (χ2n) is 5.26. The van der Waals surface area contributed by atoms with Gasteiger partial charge >= 0.3 is 0 Å². The molecule has 1 nitrogen and oxygen atoms in total. The van der Waals surface area contributed by atoms with Crippen LogP contribution in [0.15, 0.2) is 16.6 Å². The van der Waals surface area contributed by atoms with Gasteiger partial charge in [-0.05, 0) is 55.9 Å². The minimum Gasteiger partial charge on any atom is -0.382 e. The van der Waals surface area contributed by atoms with Crippen molar-refractivity contribution in [3.8, 4) is 0 Å². The zero-order valence-electron chi connectivity index (χ0n) is 11.0. The Kier molecular flexibility index (Phi) is 4.13. The van der Waals surface area contributed by atoms with Crippen LogP contribution in [0.1, 0.15) is 43.7 Å². The number of benzene rings is 1. The van der Waals surface area contributed by atoms with Crippen molar-refractivity contribution in [2.75, 3.05) is 5.32 Å². The zero-order chi connectivity index (χ0) is 12.4. The molecule has 0 spiro atoms. The van der Waals surface area contributed by atoms with E-state index in [1.807, 2.05) is 0 Å². The van der Waals surface area contributed by atoms with Crippen LogP contribution in [0.2, 0.25) is 0 Å². The molecule has 0 saturated heterocycles. The Hall–Kier alpha value is -0.500. The van der Waals surface area contributed by atoms with Crippen LogP contribution < -0.4 is 5.32 Å². The van der Waals surface area contributed by atoms with E-state index in [0.717, 1.165) is 5.92 Å². The molecule has 2 heteroatoms. The van der Waals surface area contributed by atoms with Gasteiger partial charge in [-0.25, -0.2) is 0 Å². The lowest BCUT2D eigenvalue weighted by Crippen LogP contribution is -2.24. The molecule has 1 aliphatic rings. The topological polar surface area (TPSA) is 12.0 Å². The van der Waals surface area contributed by atoms with Crippen LogP contribution in [0.25, 0.3) is 0 Å². The molecule has 1 aromatic carbocycles. The number of halogens is 1. The number of anilines is 1. The summed E-state index contributed by atoms with van der Waals surface area (Å²) >= 11 is 3.56. The summed E-state index contributed by atoms with van der Waals surface area (Å²) in [4.78, 5) is 0. The van der Waals surface area contributed by atoms with Crippen molar-refractivity contribution >= 4 is 21.6 Å². The van der Waals surface area contributed by atoms with E-state index in [1.54, 1.807) is 0 Å². The second-order valence-corrected chi connectivity index (χ2v) is 6.18. The first-order chi connectivity index (χ1) is 8.11. The summed E-state index contributed by atoms with van der Waals surface area (Å²) < 4.78 is 1.18. The lowest BCUT2D eigenvalue weighted by Gasteiger charge is -2.23. The summed E-state index contributed by atoms with van der Waals surface area (Å²) in [6.45, 7) is 6.69. The molecule has 2 rings (SSSR count). The van der Waals surface area contributed by atoms with E-state index in [0.29, 0.717) is 6.04 Å². The Balaban J connectivity index is 2.18. The summed E-state index contributed by atoms with van der Waals surface area (Å²) in [5.41, 5.74) is 4.04. The van der Waals surface area contributed by atoms with Crippen molar-refractivity contribution < 1.29 is 0 Å². The summed E-state index contributed by atoms with van der Waals surface area (Å²) in [6.07, 6.45) is 5.40. The standard InChI is InChI=1S/C15H22BrN/c1-4-12-6-5-7-14(12)17-15-10(2)8-13(16)9-11(15)3/h8-9,12,14,17H,4-7H2,1-3H3. The van der Waals surface area contributed by atoms with Gasteiger partial charge in [0.05, 0.1) is 0 Å². The fraction of sp³-hybridized carbons (Fsp3) is 0.600. The predicted molar refractivity (Wildman–Crippen MR) is 78.7 cm³/mol. The smallest absolute Gasteiger partial charge is 0.0402 e. The van der Waals surface area contributed by atoms with E-state index in [1.165, 1.54) is 47.0 Å². The molecule has 2 atom stereocenters. The van der Waals surface area contributed by atoms with Gasteiger partial charge in [0.2, 0.25) is 0 Å². The normalized spacial score (nSPS) is 24.0. The van der Waals surface area contributed by atoms with Crippen LogP contribution in [0.4, 0.5) is 5.69 Å².